The molecule has 0 spiro atoms. The van der Waals surface area contributed by atoms with Gasteiger partial charge in [0.25, 0.3) is 0 Å². The third kappa shape index (κ3) is 6.64. The van der Waals surface area contributed by atoms with Crippen LogP contribution in [0.2, 0.25) is 0 Å². The first-order valence-electron chi connectivity index (χ1n) is 7.94. The van der Waals surface area contributed by atoms with E-state index in [1.165, 1.54) is 0 Å². The average molecular weight is 350 g/mol. The minimum Gasteiger partial charge on any atom is -0.444 e. The van der Waals surface area contributed by atoms with E-state index in [4.69, 9.17) is 9.47 Å². The number of rotatable bonds is 6. The van der Waals surface area contributed by atoms with Crippen molar-refractivity contribution in [1.82, 2.24) is 10.2 Å². The first kappa shape index (κ1) is 20.2. The van der Waals surface area contributed by atoms with Crippen LogP contribution in [0.15, 0.2) is 0 Å². The first-order chi connectivity index (χ1) is 10.5. The van der Waals surface area contributed by atoms with Crippen LogP contribution in [0.4, 0.5) is 4.79 Å². The Morgan fingerprint density at radius 1 is 1.35 bits per heavy atom. The van der Waals surface area contributed by atoms with E-state index in [9.17, 15) is 13.2 Å². The van der Waals surface area contributed by atoms with Crippen LogP contribution in [0.25, 0.3) is 0 Å². The maximum Gasteiger partial charge on any atom is 0.410 e. The fraction of sp³-hybridized carbons (Fsp3) is 0.933. The summed E-state index contributed by atoms with van der Waals surface area (Å²) >= 11 is 0. The third-order valence-corrected chi connectivity index (χ3v) is 5.55. The van der Waals surface area contributed by atoms with E-state index in [0.29, 0.717) is 13.1 Å². The minimum absolute atomic E-state index is 0.0723. The van der Waals surface area contributed by atoms with E-state index >= 15 is 0 Å². The van der Waals surface area contributed by atoms with Gasteiger partial charge in [-0.05, 0) is 27.7 Å². The van der Waals surface area contributed by atoms with Gasteiger partial charge >= 0.3 is 6.09 Å². The van der Waals surface area contributed by atoms with Gasteiger partial charge < -0.3 is 19.7 Å². The number of likely N-dealkylation sites (tertiary alicyclic amines) is 1. The summed E-state index contributed by atoms with van der Waals surface area (Å²) in [7, 11) is -1.46. The Hall–Kier alpha value is -0.860. The molecule has 0 radical (unpaired) electrons. The van der Waals surface area contributed by atoms with Crippen molar-refractivity contribution in [3.8, 4) is 0 Å². The number of hydrogen-bond donors (Lipinski definition) is 1. The van der Waals surface area contributed by atoms with E-state index in [2.05, 4.69) is 5.32 Å². The molecule has 0 aromatic rings. The highest BCUT2D eigenvalue weighted by atomic mass is 32.2. The van der Waals surface area contributed by atoms with Crippen LogP contribution in [0.5, 0.6) is 0 Å². The van der Waals surface area contributed by atoms with Gasteiger partial charge in [0.15, 0.2) is 9.84 Å². The predicted octanol–water partition coefficient (Wildman–Crippen LogP) is 1.03. The molecule has 0 aromatic heterocycles. The molecule has 23 heavy (non-hydrogen) atoms. The van der Waals surface area contributed by atoms with Crippen LogP contribution in [0.1, 0.15) is 34.6 Å². The van der Waals surface area contributed by atoms with Crippen LogP contribution in [0.3, 0.4) is 0 Å². The number of carbonyl (C=O) groups is 1. The molecule has 1 aliphatic rings. The first-order valence-corrected chi connectivity index (χ1v) is 9.76. The third-order valence-electron chi connectivity index (χ3n) is 3.66. The number of amides is 1. The highest BCUT2D eigenvalue weighted by Gasteiger charge is 2.38. The summed E-state index contributed by atoms with van der Waals surface area (Å²) in [5.41, 5.74) is -0.548. The number of methoxy groups -OCH3 is 1. The van der Waals surface area contributed by atoms with Gasteiger partial charge in [0.2, 0.25) is 0 Å². The highest BCUT2D eigenvalue weighted by Crippen LogP contribution is 2.18. The van der Waals surface area contributed by atoms with E-state index in [-0.39, 0.29) is 35.8 Å². The lowest BCUT2D eigenvalue weighted by Gasteiger charge is -2.24. The smallest absolute Gasteiger partial charge is 0.410 e. The molecule has 1 aliphatic heterocycles. The van der Waals surface area contributed by atoms with E-state index in [1.54, 1.807) is 18.9 Å². The lowest BCUT2D eigenvalue weighted by Crippen LogP contribution is -2.47. The van der Waals surface area contributed by atoms with Crippen LogP contribution in [0, 0.1) is 0 Å². The summed E-state index contributed by atoms with van der Waals surface area (Å²) in [6.07, 6.45) is -0.563. The fourth-order valence-corrected chi connectivity index (χ4v) is 3.65. The lowest BCUT2D eigenvalue weighted by molar-refractivity contribution is 0.0252. The van der Waals surface area contributed by atoms with Gasteiger partial charge in [-0.1, -0.05) is 6.92 Å². The molecule has 1 amide bonds. The Labute approximate surface area is 139 Å². The average Bonchev–Trinajstić information content (AvgIpc) is 2.79. The standard InChI is InChI=1S/C15H30N2O5S/c1-7-23(19,20)10-11(2)16-12-8-17(9-13(12)21-6)14(18)22-15(3,4)5/h11-13,16H,7-10H2,1-6H3/t11?,12?,13-/m0/s1. The van der Waals surface area contributed by atoms with Gasteiger partial charge in [-0.25, -0.2) is 13.2 Å². The van der Waals surface area contributed by atoms with Crippen molar-refractivity contribution in [3.05, 3.63) is 0 Å². The Kier molecular flexibility index (Phi) is 6.85. The monoisotopic (exact) mass is 350 g/mol. The van der Waals surface area contributed by atoms with E-state index in [1.807, 2.05) is 27.7 Å². The summed E-state index contributed by atoms with van der Waals surface area (Å²) < 4.78 is 34.2. The van der Waals surface area contributed by atoms with Crippen molar-refractivity contribution in [3.63, 3.8) is 0 Å². The molecule has 1 fully saturated rings. The Balaban J connectivity index is 2.64. The second kappa shape index (κ2) is 7.81. The number of carbonyl (C=O) groups excluding carboxylic acids is 1. The summed E-state index contributed by atoms with van der Waals surface area (Å²) in [5.74, 6) is 0.199. The molecule has 136 valence electrons. The van der Waals surface area contributed by atoms with Gasteiger partial charge in [0.05, 0.1) is 24.4 Å². The number of nitrogens with zero attached hydrogens (tertiary/aromatic N) is 1. The van der Waals surface area contributed by atoms with Crippen molar-refractivity contribution in [2.45, 2.75) is 58.4 Å². The van der Waals surface area contributed by atoms with Crippen LogP contribution in [-0.2, 0) is 19.3 Å². The summed E-state index contributed by atoms with van der Waals surface area (Å²) in [5, 5.41) is 3.26. The van der Waals surface area contributed by atoms with Crippen LogP contribution >= 0.6 is 0 Å². The fourth-order valence-electron chi connectivity index (χ4n) is 2.56. The number of sulfone groups is 1. The van der Waals surface area contributed by atoms with Gasteiger partial charge in [-0.3, -0.25) is 0 Å². The molecule has 3 atom stereocenters. The van der Waals surface area contributed by atoms with Crippen molar-refractivity contribution < 1.29 is 22.7 Å². The Morgan fingerprint density at radius 2 is 1.96 bits per heavy atom. The molecule has 1 N–H and O–H groups in total. The molecule has 1 heterocycles. The molecule has 2 unspecified atom stereocenters. The molecule has 0 aromatic carbocycles. The van der Waals surface area contributed by atoms with E-state index in [0.717, 1.165) is 0 Å². The van der Waals surface area contributed by atoms with Gasteiger partial charge in [0.1, 0.15) is 5.60 Å². The number of nitrogens with one attached hydrogen (secondary N) is 1. The van der Waals surface area contributed by atoms with Crippen LogP contribution in [-0.4, -0.2) is 74.9 Å². The molecule has 7 nitrogen and oxygen atoms in total. The van der Waals surface area contributed by atoms with Gasteiger partial charge in [0, 0.05) is 25.4 Å². The highest BCUT2D eigenvalue weighted by molar-refractivity contribution is 7.91. The van der Waals surface area contributed by atoms with Crippen molar-refractivity contribution in [2.75, 3.05) is 31.7 Å². The molecular formula is C15H30N2O5S. The van der Waals surface area contributed by atoms with Crippen molar-refractivity contribution in [1.29, 1.82) is 0 Å². The summed E-state index contributed by atoms with van der Waals surface area (Å²) in [6.45, 7) is 9.79. The molecule has 1 saturated heterocycles. The molecule has 0 bridgehead atoms. The van der Waals surface area contributed by atoms with Crippen molar-refractivity contribution >= 4 is 15.9 Å². The topological polar surface area (TPSA) is 84.9 Å². The van der Waals surface area contributed by atoms with Gasteiger partial charge in [-0.15, -0.1) is 0 Å². The molecule has 0 aliphatic carbocycles. The zero-order valence-electron chi connectivity index (χ0n) is 15.0. The maximum absolute atomic E-state index is 12.2. The molecule has 0 saturated carbocycles. The summed E-state index contributed by atoms with van der Waals surface area (Å²) in [6, 6.07) is -0.323. The minimum atomic E-state index is -3.05. The summed E-state index contributed by atoms with van der Waals surface area (Å²) in [4.78, 5) is 13.7. The predicted molar refractivity (Wildman–Crippen MR) is 89.3 cm³/mol. The molecular weight excluding hydrogens is 320 g/mol. The Morgan fingerprint density at radius 3 is 2.43 bits per heavy atom. The zero-order valence-corrected chi connectivity index (χ0v) is 15.8. The zero-order chi connectivity index (χ0) is 17.8. The van der Waals surface area contributed by atoms with Gasteiger partial charge in [-0.2, -0.15) is 0 Å². The lowest BCUT2D eigenvalue weighted by atomic mass is 10.2. The van der Waals surface area contributed by atoms with E-state index < -0.39 is 15.4 Å². The quantitative estimate of drug-likeness (QED) is 0.770. The molecule has 8 heteroatoms. The molecule has 1 rings (SSSR count). The maximum atomic E-state index is 12.2. The number of ether oxygens (including phenoxy) is 2. The normalized spacial score (nSPS) is 23.8. The second-order valence-electron chi connectivity index (χ2n) is 7.03. The Bertz CT molecular complexity index is 500. The van der Waals surface area contributed by atoms with Crippen LogP contribution < -0.4 is 5.32 Å². The largest absolute Gasteiger partial charge is 0.444 e. The van der Waals surface area contributed by atoms with Crippen molar-refractivity contribution in [2.24, 2.45) is 0 Å². The number of hydrogen-bond acceptors (Lipinski definition) is 6. The second-order valence-corrected chi connectivity index (χ2v) is 9.43. The SMILES string of the molecule is CCS(=O)(=O)CC(C)NC1CN(C(=O)OC(C)(C)C)C[C@@H]1OC.